The molecule has 0 aliphatic heterocycles. The smallest absolute Gasteiger partial charge is 0.0269 e. The molecule has 11 heavy (non-hydrogen) atoms. The summed E-state index contributed by atoms with van der Waals surface area (Å²) in [4.78, 5) is 0. The quantitative estimate of drug-likeness (QED) is 0.764. The van der Waals surface area contributed by atoms with Gasteiger partial charge in [-0.3, -0.25) is 0 Å². The predicted octanol–water partition coefficient (Wildman–Crippen LogP) is 2.78. The second-order valence-electron chi connectivity index (χ2n) is 2.79. The summed E-state index contributed by atoms with van der Waals surface area (Å²) in [6, 6.07) is 6.29. The maximum atomic E-state index is 5.76. The summed E-state index contributed by atoms with van der Waals surface area (Å²) in [6.45, 7) is 4.07. The third-order valence-electron chi connectivity index (χ3n) is 1.73. The lowest BCUT2D eigenvalue weighted by Crippen LogP contribution is -2.06. The molecule has 2 N–H and O–H groups in total. The molecule has 0 bridgehead atoms. The van der Waals surface area contributed by atoms with Gasteiger partial charge in [-0.25, -0.2) is 0 Å². The summed E-state index contributed by atoms with van der Waals surface area (Å²) >= 11 is 3.41. The summed E-state index contributed by atoms with van der Waals surface area (Å²) in [5.41, 5.74) is 8.22. The first-order valence-corrected chi connectivity index (χ1v) is 4.42. The molecular formula is C9H12BrN. The van der Waals surface area contributed by atoms with Crippen molar-refractivity contribution >= 4 is 15.9 Å². The van der Waals surface area contributed by atoms with Gasteiger partial charge in [0.05, 0.1) is 0 Å². The van der Waals surface area contributed by atoms with E-state index in [4.69, 9.17) is 5.73 Å². The Bertz CT molecular complexity index is 256. The molecule has 1 aromatic rings. The van der Waals surface area contributed by atoms with Gasteiger partial charge >= 0.3 is 0 Å². The van der Waals surface area contributed by atoms with E-state index in [1.54, 1.807) is 0 Å². The van der Waals surface area contributed by atoms with E-state index in [0.717, 1.165) is 4.47 Å². The van der Waals surface area contributed by atoms with E-state index in [-0.39, 0.29) is 6.04 Å². The number of benzene rings is 1. The van der Waals surface area contributed by atoms with Crippen LogP contribution in [-0.4, -0.2) is 0 Å². The van der Waals surface area contributed by atoms with Crippen molar-refractivity contribution in [2.24, 2.45) is 5.73 Å². The molecule has 0 amide bonds. The Morgan fingerprint density at radius 1 is 1.45 bits per heavy atom. The lowest BCUT2D eigenvalue weighted by Gasteiger charge is -2.09. The highest BCUT2D eigenvalue weighted by atomic mass is 79.9. The van der Waals surface area contributed by atoms with Crippen molar-refractivity contribution < 1.29 is 0 Å². The van der Waals surface area contributed by atoms with Crippen LogP contribution in [0.4, 0.5) is 0 Å². The Hall–Kier alpha value is -0.340. The minimum atomic E-state index is 0.118. The van der Waals surface area contributed by atoms with Crippen molar-refractivity contribution in [3.8, 4) is 0 Å². The van der Waals surface area contributed by atoms with Gasteiger partial charge in [0.15, 0.2) is 0 Å². The van der Waals surface area contributed by atoms with Gasteiger partial charge < -0.3 is 5.73 Å². The van der Waals surface area contributed by atoms with E-state index in [1.165, 1.54) is 11.1 Å². The Morgan fingerprint density at radius 3 is 2.55 bits per heavy atom. The molecule has 0 radical (unpaired) electrons. The van der Waals surface area contributed by atoms with Gasteiger partial charge in [-0.2, -0.15) is 0 Å². The van der Waals surface area contributed by atoms with Gasteiger partial charge in [0.25, 0.3) is 0 Å². The topological polar surface area (TPSA) is 26.0 Å². The molecule has 1 aromatic carbocycles. The first-order valence-electron chi connectivity index (χ1n) is 3.63. The van der Waals surface area contributed by atoms with Crippen molar-refractivity contribution in [1.82, 2.24) is 0 Å². The van der Waals surface area contributed by atoms with Crippen molar-refractivity contribution in [1.29, 1.82) is 0 Å². The van der Waals surface area contributed by atoms with Crippen LogP contribution in [0, 0.1) is 6.92 Å². The Morgan fingerprint density at radius 2 is 2.09 bits per heavy atom. The predicted molar refractivity (Wildman–Crippen MR) is 51.5 cm³/mol. The van der Waals surface area contributed by atoms with Gasteiger partial charge in [0.2, 0.25) is 0 Å². The monoisotopic (exact) mass is 213 g/mol. The average molecular weight is 214 g/mol. The number of aryl methyl sites for hydroxylation is 1. The van der Waals surface area contributed by atoms with Crippen LogP contribution in [0.5, 0.6) is 0 Å². The van der Waals surface area contributed by atoms with Gasteiger partial charge in [-0.05, 0) is 37.1 Å². The molecule has 0 saturated carbocycles. The number of hydrogen-bond donors (Lipinski definition) is 1. The Kier molecular flexibility index (Phi) is 2.68. The maximum absolute atomic E-state index is 5.76. The van der Waals surface area contributed by atoms with Crippen LogP contribution in [0.2, 0.25) is 0 Å². The van der Waals surface area contributed by atoms with Gasteiger partial charge in [-0.15, -0.1) is 0 Å². The average Bonchev–Trinajstić information content (AvgIpc) is 1.94. The van der Waals surface area contributed by atoms with Crippen LogP contribution in [-0.2, 0) is 0 Å². The second-order valence-corrected chi connectivity index (χ2v) is 3.71. The fraction of sp³-hybridized carbons (Fsp3) is 0.333. The zero-order valence-electron chi connectivity index (χ0n) is 6.76. The Balaban J connectivity index is 3.13. The van der Waals surface area contributed by atoms with Crippen LogP contribution >= 0.6 is 15.9 Å². The van der Waals surface area contributed by atoms with E-state index >= 15 is 0 Å². The molecule has 0 aliphatic carbocycles. The standard InChI is InChI=1S/C9H12BrN/c1-6-3-4-8(10)5-9(6)7(2)11/h3-5,7H,11H2,1-2H3/t7-/m1/s1. The number of nitrogens with two attached hydrogens (primary N) is 1. The van der Waals surface area contributed by atoms with E-state index in [0.29, 0.717) is 0 Å². The van der Waals surface area contributed by atoms with Crippen molar-refractivity contribution in [3.63, 3.8) is 0 Å². The van der Waals surface area contributed by atoms with Crippen molar-refractivity contribution in [2.75, 3.05) is 0 Å². The minimum absolute atomic E-state index is 0.118. The largest absolute Gasteiger partial charge is 0.324 e. The fourth-order valence-electron chi connectivity index (χ4n) is 1.10. The SMILES string of the molecule is Cc1ccc(Br)cc1[C@@H](C)N. The van der Waals surface area contributed by atoms with Crippen LogP contribution in [0.15, 0.2) is 22.7 Å². The zero-order valence-corrected chi connectivity index (χ0v) is 8.35. The lowest BCUT2D eigenvalue weighted by atomic mass is 10.0. The number of rotatable bonds is 1. The molecular weight excluding hydrogens is 202 g/mol. The minimum Gasteiger partial charge on any atom is -0.324 e. The zero-order chi connectivity index (χ0) is 8.43. The van der Waals surface area contributed by atoms with Crippen LogP contribution < -0.4 is 5.73 Å². The fourth-order valence-corrected chi connectivity index (χ4v) is 1.48. The molecule has 1 atom stereocenters. The van der Waals surface area contributed by atoms with Crippen molar-refractivity contribution in [3.05, 3.63) is 33.8 Å². The molecule has 1 rings (SSSR count). The van der Waals surface area contributed by atoms with E-state index in [1.807, 2.05) is 13.0 Å². The maximum Gasteiger partial charge on any atom is 0.0269 e. The van der Waals surface area contributed by atoms with Crippen LogP contribution in [0.3, 0.4) is 0 Å². The van der Waals surface area contributed by atoms with Crippen LogP contribution in [0.1, 0.15) is 24.1 Å². The van der Waals surface area contributed by atoms with Gasteiger partial charge in [0.1, 0.15) is 0 Å². The number of hydrogen-bond acceptors (Lipinski definition) is 1. The first kappa shape index (κ1) is 8.75. The molecule has 0 spiro atoms. The molecule has 1 nitrogen and oxygen atoms in total. The highest BCUT2D eigenvalue weighted by Gasteiger charge is 2.02. The molecule has 0 unspecified atom stereocenters. The van der Waals surface area contributed by atoms with Gasteiger partial charge in [-0.1, -0.05) is 22.0 Å². The van der Waals surface area contributed by atoms with Crippen molar-refractivity contribution in [2.45, 2.75) is 19.9 Å². The normalized spacial score (nSPS) is 13.1. The summed E-state index contributed by atoms with van der Waals surface area (Å²) in [6.07, 6.45) is 0. The third-order valence-corrected chi connectivity index (χ3v) is 2.23. The van der Waals surface area contributed by atoms with Crippen LogP contribution in [0.25, 0.3) is 0 Å². The highest BCUT2D eigenvalue weighted by Crippen LogP contribution is 2.20. The van der Waals surface area contributed by atoms with E-state index in [9.17, 15) is 0 Å². The highest BCUT2D eigenvalue weighted by molar-refractivity contribution is 9.10. The summed E-state index contributed by atoms with van der Waals surface area (Å²) in [5, 5.41) is 0. The summed E-state index contributed by atoms with van der Waals surface area (Å²) < 4.78 is 1.09. The second kappa shape index (κ2) is 3.37. The molecule has 2 heteroatoms. The molecule has 0 aliphatic rings. The first-order chi connectivity index (χ1) is 5.11. The van der Waals surface area contributed by atoms with E-state index < -0.39 is 0 Å². The molecule has 60 valence electrons. The van der Waals surface area contributed by atoms with E-state index in [2.05, 4.69) is 35.0 Å². The molecule has 0 heterocycles. The lowest BCUT2D eigenvalue weighted by molar-refractivity contribution is 0.809. The summed E-state index contributed by atoms with van der Waals surface area (Å²) in [5.74, 6) is 0. The summed E-state index contributed by atoms with van der Waals surface area (Å²) in [7, 11) is 0. The van der Waals surface area contributed by atoms with Gasteiger partial charge in [0, 0.05) is 10.5 Å². The Labute approximate surface area is 75.7 Å². The third kappa shape index (κ3) is 2.04. The molecule has 0 aromatic heterocycles. The molecule has 0 fully saturated rings. The molecule has 0 saturated heterocycles. The number of halogens is 1.